The van der Waals surface area contributed by atoms with Gasteiger partial charge in [0, 0.05) is 12.6 Å². The van der Waals surface area contributed by atoms with Gasteiger partial charge in [-0.15, -0.1) is 0 Å². The maximum atomic E-state index is 12.8. The Morgan fingerprint density at radius 3 is 2.78 bits per heavy atom. The molecule has 0 N–H and O–H groups in total. The molecule has 2 atom stereocenters. The molecule has 0 unspecified atom stereocenters. The molecule has 2 heterocycles. The minimum atomic E-state index is -4.56. The Morgan fingerprint density at radius 2 is 2.17 bits per heavy atom. The third-order valence-corrected chi connectivity index (χ3v) is 3.55. The van der Waals surface area contributed by atoms with Gasteiger partial charge >= 0.3 is 6.18 Å². The van der Waals surface area contributed by atoms with Crippen LogP contribution in [0.1, 0.15) is 12.7 Å². The Balaban J connectivity index is 2.04. The van der Waals surface area contributed by atoms with Crippen LogP contribution in [0.3, 0.4) is 0 Å². The zero-order valence-electron chi connectivity index (χ0n) is 12.6. The summed E-state index contributed by atoms with van der Waals surface area (Å²) in [7, 11) is 0. The van der Waals surface area contributed by atoms with Gasteiger partial charge in [0.15, 0.2) is 12.7 Å². The molecule has 6 nitrogen and oxygen atoms in total. The van der Waals surface area contributed by atoms with Crippen LogP contribution < -0.4 is 10.2 Å². The fourth-order valence-corrected chi connectivity index (χ4v) is 2.39. The molecule has 0 aliphatic carbocycles. The van der Waals surface area contributed by atoms with Gasteiger partial charge in [-0.3, -0.25) is 9.59 Å². The Morgan fingerprint density at radius 1 is 1.48 bits per heavy atom. The lowest BCUT2D eigenvalue weighted by Crippen LogP contribution is -2.58. The number of aryl methyl sites for hydroxylation is 1. The first-order valence-corrected chi connectivity index (χ1v) is 6.91. The van der Waals surface area contributed by atoms with E-state index in [0.717, 1.165) is 11.0 Å². The number of halogens is 3. The lowest BCUT2D eigenvalue weighted by atomic mass is 10.1. The van der Waals surface area contributed by atoms with E-state index in [2.05, 4.69) is 0 Å². The highest BCUT2D eigenvalue weighted by molar-refractivity contribution is 5.78. The Kier molecular flexibility index (Phi) is 4.98. The molecule has 1 aromatic heterocycles. The second-order valence-corrected chi connectivity index (χ2v) is 5.12. The number of hydrogen-bond acceptors (Lipinski definition) is 5. The van der Waals surface area contributed by atoms with Gasteiger partial charge in [0.05, 0.1) is 18.9 Å². The summed E-state index contributed by atoms with van der Waals surface area (Å²) in [6, 6.07) is -0.0442. The average Bonchev–Trinajstić information content (AvgIpc) is 2.45. The molecule has 0 aromatic carbocycles. The monoisotopic (exact) mass is 335 g/mol. The maximum absolute atomic E-state index is 12.8. The summed E-state index contributed by atoms with van der Waals surface area (Å²) in [6.07, 6.45) is -5.41. The fraction of sp³-hybridized carbons (Fsp3) is 0.571. The SMILES string of the molecule is Cc1occc(=O)c1OCC(=O)N1CCO[C@@H](C(F)(F)F)[C@H]1C. The number of ether oxygens (including phenoxy) is 2. The minimum Gasteiger partial charge on any atom is -0.476 e. The summed E-state index contributed by atoms with van der Waals surface area (Å²) in [6.45, 7) is 2.01. The van der Waals surface area contributed by atoms with Crippen LogP contribution in [0.2, 0.25) is 0 Å². The summed E-state index contributed by atoms with van der Waals surface area (Å²) >= 11 is 0. The van der Waals surface area contributed by atoms with Gasteiger partial charge in [0.25, 0.3) is 5.91 Å². The van der Waals surface area contributed by atoms with Crippen LogP contribution in [0.25, 0.3) is 0 Å². The highest BCUT2D eigenvalue weighted by Gasteiger charge is 2.48. The molecule has 0 bridgehead atoms. The Labute approximate surface area is 129 Å². The number of nitrogens with zero attached hydrogens (tertiary/aromatic N) is 1. The lowest BCUT2D eigenvalue weighted by molar-refractivity contribution is -0.250. The summed E-state index contributed by atoms with van der Waals surface area (Å²) in [5, 5.41) is 0. The maximum Gasteiger partial charge on any atom is 0.416 e. The first-order valence-electron chi connectivity index (χ1n) is 6.91. The van der Waals surface area contributed by atoms with Crippen molar-refractivity contribution in [3.8, 4) is 5.75 Å². The Hall–Kier alpha value is -2.03. The zero-order valence-corrected chi connectivity index (χ0v) is 12.6. The first kappa shape index (κ1) is 17.3. The predicted octanol–water partition coefficient (Wildman–Crippen LogP) is 1.51. The molecule has 0 saturated carbocycles. The molecule has 0 radical (unpaired) electrons. The van der Waals surface area contributed by atoms with E-state index in [0.29, 0.717) is 0 Å². The second-order valence-electron chi connectivity index (χ2n) is 5.12. The Bertz CT molecular complexity index is 628. The summed E-state index contributed by atoms with van der Waals surface area (Å²) in [5.41, 5.74) is -0.468. The molecule has 1 amide bonds. The predicted molar refractivity (Wildman–Crippen MR) is 72.2 cm³/mol. The number of hydrogen-bond donors (Lipinski definition) is 0. The van der Waals surface area contributed by atoms with Crippen LogP contribution in [0, 0.1) is 6.92 Å². The number of alkyl halides is 3. The van der Waals surface area contributed by atoms with Crippen LogP contribution in [0.4, 0.5) is 13.2 Å². The van der Waals surface area contributed by atoms with Crippen LogP contribution in [0.5, 0.6) is 5.75 Å². The molecule has 1 aliphatic heterocycles. The van der Waals surface area contributed by atoms with Crippen LogP contribution in [-0.4, -0.2) is 48.9 Å². The van der Waals surface area contributed by atoms with E-state index in [1.165, 1.54) is 20.1 Å². The van der Waals surface area contributed by atoms with E-state index in [-0.39, 0.29) is 24.7 Å². The molecule has 23 heavy (non-hydrogen) atoms. The van der Waals surface area contributed by atoms with Gasteiger partial charge in [-0.2, -0.15) is 13.2 Å². The molecular weight excluding hydrogens is 319 g/mol. The molecule has 1 aromatic rings. The molecule has 9 heteroatoms. The van der Waals surface area contributed by atoms with Crippen molar-refractivity contribution < 1.29 is 31.9 Å². The van der Waals surface area contributed by atoms with Gasteiger partial charge < -0.3 is 18.8 Å². The number of carbonyl (C=O) groups is 1. The smallest absolute Gasteiger partial charge is 0.416 e. The molecule has 1 saturated heterocycles. The average molecular weight is 335 g/mol. The first-order chi connectivity index (χ1) is 10.7. The van der Waals surface area contributed by atoms with Crippen LogP contribution in [-0.2, 0) is 9.53 Å². The third-order valence-electron chi connectivity index (χ3n) is 3.55. The number of amides is 1. The number of morpholine rings is 1. The summed E-state index contributed by atoms with van der Waals surface area (Å²) in [4.78, 5) is 24.8. The summed E-state index contributed by atoms with van der Waals surface area (Å²) < 4.78 is 53.3. The van der Waals surface area contributed by atoms with Crippen molar-refractivity contribution in [3.63, 3.8) is 0 Å². The normalized spacial score (nSPS) is 22.0. The van der Waals surface area contributed by atoms with E-state index < -0.39 is 36.3 Å². The van der Waals surface area contributed by atoms with Gasteiger partial charge in [0.2, 0.25) is 11.2 Å². The quantitative estimate of drug-likeness (QED) is 0.837. The third kappa shape index (κ3) is 3.84. The van der Waals surface area contributed by atoms with E-state index >= 15 is 0 Å². The van der Waals surface area contributed by atoms with Crippen molar-refractivity contribution >= 4 is 5.91 Å². The standard InChI is InChI=1S/C14H16F3NO5/c1-8-13(14(15,16)17)22-6-4-18(8)11(20)7-23-12-9(2)21-5-3-10(12)19/h3,5,8,13H,4,6-7H2,1-2H3/t8-,13-/m1/s1. The van der Waals surface area contributed by atoms with E-state index in [1.54, 1.807) is 0 Å². The largest absolute Gasteiger partial charge is 0.476 e. The molecule has 0 spiro atoms. The highest BCUT2D eigenvalue weighted by atomic mass is 19.4. The number of carbonyl (C=O) groups excluding carboxylic acids is 1. The molecule has 2 rings (SSSR count). The molecule has 1 aliphatic rings. The van der Waals surface area contributed by atoms with Crippen LogP contribution >= 0.6 is 0 Å². The van der Waals surface area contributed by atoms with Gasteiger partial charge in [-0.05, 0) is 13.8 Å². The van der Waals surface area contributed by atoms with Crippen molar-refractivity contribution in [1.29, 1.82) is 0 Å². The van der Waals surface area contributed by atoms with Crippen LogP contribution in [0.15, 0.2) is 21.5 Å². The van der Waals surface area contributed by atoms with Crippen molar-refractivity contribution in [2.24, 2.45) is 0 Å². The van der Waals surface area contributed by atoms with Gasteiger partial charge in [-0.1, -0.05) is 0 Å². The van der Waals surface area contributed by atoms with Crippen molar-refractivity contribution in [2.45, 2.75) is 32.2 Å². The fourth-order valence-electron chi connectivity index (χ4n) is 2.39. The zero-order chi connectivity index (χ0) is 17.2. The van der Waals surface area contributed by atoms with E-state index in [1.807, 2.05) is 0 Å². The van der Waals surface area contributed by atoms with E-state index in [9.17, 15) is 22.8 Å². The van der Waals surface area contributed by atoms with E-state index in [4.69, 9.17) is 13.9 Å². The topological polar surface area (TPSA) is 69.0 Å². The van der Waals surface area contributed by atoms with Crippen molar-refractivity contribution in [1.82, 2.24) is 4.90 Å². The molecule has 1 fully saturated rings. The van der Waals surface area contributed by atoms with Gasteiger partial charge in [0.1, 0.15) is 5.76 Å². The van der Waals surface area contributed by atoms with Crippen molar-refractivity contribution in [2.75, 3.05) is 19.8 Å². The lowest BCUT2D eigenvalue weighted by Gasteiger charge is -2.39. The van der Waals surface area contributed by atoms with Gasteiger partial charge in [-0.25, -0.2) is 0 Å². The summed E-state index contributed by atoms with van der Waals surface area (Å²) in [5.74, 6) is -0.597. The second kappa shape index (κ2) is 6.61. The molecule has 128 valence electrons. The number of rotatable bonds is 3. The molecular formula is C14H16F3NO5. The minimum absolute atomic E-state index is 0.0261. The van der Waals surface area contributed by atoms with Crippen molar-refractivity contribution in [3.05, 3.63) is 28.3 Å². The highest BCUT2D eigenvalue weighted by Crippen LogP contribution is 2.30.